The maximum Gasteiger partial charge on any atom is 0.155 e. The second-order valence-corrected chi connectivity index (χ2v) is 4.90. The van der Waals surface area contributed by atoms with Gasteiger partial charge in [-0.1, -0.05) is 19.9 Å². The van der Waals surface area contributed by atoms with Gasteiger partial charge in [0.1, 0.15) is 5.82 Å². The first kappa shape index (κ1) is 14.0. The Morgan fingerprint density at radius 2 is 2.16 bits per heavy atom. The molecule has 4 heteroatoms. The van der Waals surface area contributed by atoms with Gasteiger partial charge < -0.3 is 4.90 Å². The van der Waals surface area contributed by atoms with Gasteiger partial charge in [0.25, 0.3) is 0 Å². The maximum absolute atomic E-state index is 13.6. The summed E-state index contributed by atoms with van der Waals surface area (Å²) < 4.78 is 13.6. The summed E-state index contributed by atoms with van der Waals surface area (Å²) in [5.74, 6) is -0.432. The van der Waals surface area contributed by atoms with Crippen molar-refractivity contribution in [3.63, 3.8) is 0 Å². The lowest BCUT2D eigenvalue weighted by atomic mass is 10.1. The Balaban J connectivity index is 2.17. The van der Waals surface area contributed by atoms with Crippen LogP contribution in [0, 0.1) is 5.82 Å². The van der Waals surface area contributed by atoms with Gasteiger partial charge >= 0.3 is 0 Å². The number of hydrogen-bond acceptors (Lipinski definition) is 3. The molecule has 1 saturated heterocycles. The summed E-state index contributed by atoms with van der Waals surface area (Å²) in [6.07, 6.45) is 1.69. The number of rotatable bonds is 5. The topological polar surface area (TPSA) is 23.6 Å². The number of halogens is 1. The van der Waals surface area contributed by atoms with Crippen molar-refractivity contribution in [1.29, 1.82) is 0 Å². The van der Waals surface area contributed by atoms with Gasteiger partial charge in [0.2, 0.25) is 0 Å². The molecule has 0 amide bonds. The van der Waals surface area contributed by atoms with Crippen LogP contribution in [0.25, 0.3) is 0 Å². The Kier molecular flexibility index (Phi) is 4.53. The molecule has 0 aromatic heterocycles. The van der Waals surface area contributed by atoms with E-state index < -0.39 is 5.82 Å². The molecule has 0 N–H and O–H groups in total. The van der Waals surface area contributed by atoms with Crippen molar-refractivity contribution in [2.45, 2.75) is 26.3 Å². The van der Waals surface area contributed by atoms with Gasteiger partial charge in [-0.25, -0.2) is 4.39 Å². The zero-order valence-corrected chi connectivity index (χ0v) is 11.6. The van der Waals surface area contributed by atoms with E-state index in [1.54, 1.807) is 6.07 Å². The predicted octanol–water partition coefficient (Wildman–Crippen LogP) is 2.56. The zero-order chi connectivity index (χ0) is 13.8. The van der Waals surface area contributed by atoms with Crippen molar-refractivity contribution in [2.75, 3.05) is 31.1 Å². The second kappa shape index (κ2) is 6.15. The number of likely N-dealkylation sites (N-methyl/N-ethyl adjacent to an activating group) is 1. The number of hydrogen-bond donors (Lipinski definition) is 0. The van der Waals surface area contributed by atoms with Crippen LogP contribution >= 0.6 is 0 Å². The summed E-state index contributed by atoms with van der Waals surface area (Å²) in [4.78, 5) is 15.6. The summed E-state index contributed by atoms with van der Waals surface area (Å²) in [7, 11) is 0. The lowest BCUT2D eigenvalue weighted by Gasteiger charge is -2.27. The number of carbonyl (C=O) groups excluding carboxylic acids is 1. The molecule has 0 saturated carbocycles. The zero-order valence-electron chi connectivity index (χ0n) is 11.6. The van der Waals surface area contributed by atoms with E-state index in [9.17, 15) is 9.18 Å². The van der Waals surface area contributed by atoms with Gasteiger partial charge in [-0.3, -0.25) is 9.69 Å². The van der Waals surface area contributed by atoms with E-state index in [0.717, 1.165) is 38.3 Å². The summed E-state index contributed by atoms with van der Waals surface area (Å²) in [6.45, 7) is 8.12. The lowest BCUT2D eigenvalue weighted by molar-refractivity contribution is 0.112. The van der Waals surface area contributed by atoms with E-state index in [2.05, 4.69) is 23.6 Å². The fourth-order valence-electron chi connectivity index (χ4n) is 2.92. The van der Waals surface area contributed by atoms with Crippen LogP contribution in [0.5, 0.6) is 0 Å². The Hall–Kier alpha value is -1.42. The summed E-state index contributed by atoms with van der Waals surface area (Å²) in [5, 5.41) is 0. The maximum atomic E-state index is 13.6. The number of anilines is 1. The molecule has 1 fully saturated rings. The van der Waals surface area contributed by atoms with Gasteiger partial charge in [-0.15, -0.1) is 0 Å². The standard InChI is InChI=1S/C15H21FN2O/c1-3-17(4-2)12-8-9-18(10-12)15-7-5-6-14(16)13(15)11-19/h5-7,11-12H,3-4,8-10H2,1-2H3. The molecule has 0 radical (unpaired) electrons. The van der Waals surface area contributed by atoms with Crippen LogP contribution in [-0.4, -0.2) is 43.4 Å². The quantitative estimate of drug-likeness (QED) is 0.764. The number of benzene rings is 1. The Bertz CT molecular complexity index is 446. The summed E-state index contributed by atoms with van der Waals surface area (Å²) >= 11 is 0. The van der Waals surface area contributed by atoms with Gasteiger partial charge in [0.15, 0.2) is 6.29 Å². The van der Waals surface area contributed by atoms with E-state index >= 15 is 0 Å². The molecule has 2 rings (SSSR count). The second-order valence-electron chi connectivity index (χ2n) is 4.90. The van der Waals surface area contributed by atoms with Crippen molar-refractivity contribution in [3.05, 3.63) is 29.6 Å². The monoisotopic (exact) mass is 264 g/mol. The molecular weight excluding hydrogens is 243 g/mol. The summed E-state index contributed by atoms with van der Waals surface area (Å²) in [6, 6.07) is 5.34. The molecule has 1 atom stereocenters. The highest BCUT2D eigenvalue weighted by Gasteiger charge is 2.27. The van der Waals surface area contributed by atoms with Gasteiger partial charge in [0.05, 0.1) is 11.3 Å². The molecule has 19 heavy (non-hydrogen) atoms. The average Bonchev–Trinajstić information content (AvgIpc) is 2.89. The van der Waals surface area contributed by atoms with E-state index in [-0.39, 0.29) is 5.56 Å². The predicted molar refractivity (Wildman–Crippen MR) is 75.3 cm³/mol. The number of aldehydes is 1. The normalized spacial score (nSPS) is 19.2. The molecule has 1 aliphatic rings. The van der Waals surface area contributed by atoms with Crippen LogP contribution < -0.4 is 4.90 Å². The first-order valence-electron chi connectivity index (χ1n) is 6.93. The SMILES string of the molecule is CCN(CC)C1CCN(c2cccc(F)c2C=O)C1. The smallest absolute Gasteiger partial charge is 0.155 e. The highest BCUT2D eigenvalue weighted by atomic mass is 19.1. The Morgan fingerprint density at radius 3 is 2.79 bits per heavy atom. The molecule has 1 heterocycles. The first-order valence-corrected chi connectivity index (χ1v) is 6.93. The first-order chi connectivity index (χ1) is 9.21. The van der Waals surface area contributed by atoms with Crippen molar-refractivity contribution < 1.29 is 9.18 Å². The molecule has 1 unspecified atom stereocenters. The minimum atomic E-state index is -0.432. The molecule has 104 valence electrons. The van der Waals surface area contributed by atoms with Crippen LogP contribution in [0.4, 0.5) is 10.1 Å². The fourth-order valence-corrected chi connectivity index (χ4v) is 2.92. The summed E-state index contributed by atoms with van der Waals surface area (Å²) in [5.41, 5.74) is 0.910. The highest BCUT2D eigenvalue weighted by molar-refractivity contribution is 5.85. The number of nitrogens with zero attached hydrogens (tertiary/aromatic N) is 2. The molecular formula is C15H21FN2O. The molecule has 0 spiro atoms. The van der Waals surface area contributed by atoms with Gasteiger partial charge in [-0.05, 0) is 31.6 Å². The van der Waals surface area contributed by atoms with Crippen molar-refractivity contribution in [2.24, 2.45) is 0 Å². The van der Waals surface area contributed by atoms with Crippen LogP contribution in [-0.2, 0) is 0 Å². The Morgan fingerprint density at radius 1 is 1.42 bits per heavy atom. The van der Waals surface area contributed by atoms with E-state index in [1.807, 2.05) is 6.07 Å². The minimum absolute atomic E-state index is 0.183. The third kappa shape index (κ3) is 2.78. The van der Waals surface area contributed by atoms with E-state index in [0.29, 0.717) is 12.3 Å². The Labute approximate surface area is 114 Å². The third-order valence-electron chi connectivity index (χ3n) is 3.98. The molecule has 1 aromatic carbocycles. The van der Waals surface area contributed by atoms with E-state index in [1.165, 1.54) is 6.07 Å². The van der Waals surface area contributed by atoms with Gasteiger partial charge in [-0.2, -0.15) is 0 Å². The molecule has 3 nitrogen and oxygen atoms in total. The minimum Gasteiger partial charge on any atom is -0.369 e. The largest absolute Gasteiger partial charge is 0.369 e. The van der Waals surface area contributed by atoms with Crippen LogP contribution in [0.1, 0.15) is 30.6 Å². The van der Waals surface area contributed by atoms with Crippen LogP contribution in [0.15, 0.2) is 18.2 Å². The van der Waals surface area contributed by atoms with Crippen molar-refractivity contribution >= 4 is 12.0 Å². The highest BCUT2D eigenvalue weighted by Crippen LogP contribution is 2.27. The van der Waals surface area contributed by atoms with Crippen LogP contribution in [0.3, 0.4) is 0 Å². The lowest BCUT2D eigenvalue weighted by Crippen LogP contribution is -2.37. The molecule has 0 aliphatic carbocycles. The average molecular weight is 264 g/mol. The van der Waals surface area contributed by atoms with Crippen molar-refractivity contribution in [3.8, 4) is 0 Å². The van der Waals surface area contributed by atoms with Crippen LogP contribution in [0.2, 0.25) is 0 Å². The number of carbonyl (C=O) groups is 1. The third-order valence-corrected chi connectivity index (χ3v) is 3.98. The van der Waals surface area contributed by atoms with Gasteiger partial charge in [0, 0.05) is 19.1 Å². The van der Waals surface area contributed by atoms with Crippen molar-refractivity contribution in [1.82, 2.24) is 4.90 Å². The fraction of sp³-hybridized carbons (Fsp3) is 0.533. The molecule has 0 bridgehead atoms. The molecule has 1 aromatic rings. The van der Waals surface area contributed by atoms with E-state index in [4.69, 9.17) is 0 Å². The molecule has 1 aliphatic heterocycles.